The zero-order valence-corrected chi connectivity index (χ0v) is 14.8. The Morgan fingerprint density at radius 2 is 1.81 bits per heavy atom. The van der Waals surface area contributed by atoms with Crippen molar-refractivity contribution in [3.8, 4) is 16.9 Å². The van der Waals surface area contributed by atoms with Gasteiger partial charge in [0.2, 0.25) is 0 Å². The molecule has 1 aliphatic rings. The van der Waals surface area contributed by atoms with E-state index in [4.69, 9.17) is 19.3 Å². The number of esters is 1. The van der Waals surface area contributed by atoms with Gasteiger partial charge in [0.25, 0.3) is 0 Å². The summed E-state index contributed by atoms with van der Waals surface area (Å²) in [5.74, 6) is -0.416. The second-order valence-electron chi connectivity index (χ2n) is 6.19. The standard InChI is InChI=1S/C21H20N2O4/c24-21(19-15-25-11-12-26-19)27-14-17-13-23(18-9-5-2-6-10-18)22-20(17)16-7-3-1-4-8-16/h1-10,13,19H,11-12,14-15H2/t19-/m1/s1. The van der Waals surface area contributed by atoms with E-state index in [0.29, 0.717) is 13.2 Å². The molecule has 1 atom stereocenters. The maximum Gasteiger partial charge on any atom is 0.338 e. The Hall–Kier alpha value is -2.96. The molecule has 1 fully saturated rings. The summed E-state index contributed by atoms with van der Waals surface area (Å²) in [6.07, 6.45) is 1.23. The van der Waals surface area contributed by atoms with Gasteiger partial charge in [-0.1, -0.05) is 48.5 Å². The Balaban J connectivity index is 1.58. The monoisotopic (exact) mass is 364 g/mol. The summed E-state index contributed by atoms with van der Waals surface area (Å²) in [4.78, 5) is 12.2. The molecule has 0 amide bonds. The normalized spacial score (nSPS) is 16.8. The summed E-state index contributed by atoms with van der Waals surface area (Å²) in [5, 5.41) is 4.71. The highest BCUT2D eigenvalue weighted by Gasteiger charge is 2.25. The van der Waals surface area contributed by atoms with E-state index in [-0.39, 0.29) is 13.2 Å². The molecule has 0 N–H and O–H groups in total. The van der Waals surface area contributed by atoms with Crippen LogP contribution in [0.2, 0.25) is 0 Å². The second-order valence-corrected chi connectivity index (χ2v) is 6.19. The molecular formula is C21H20N2O4. The molecule has 1 aliphatic heterocycles. The fourth-order valence-electron chi connectivity index (χ4n) is 2.93. The Bertz CT molecular complexity index is 887. The third-order valence-electron chi connectivity index (χ3n) is 4.31. The fourth-order valence-corrected chi connectivity index (χ4v) is 2.93. The highest BCUT2D eigenvalue weighted by atomic mass is 16.6. The smallest absolute Gasteiger partial charge is 0.338 e. The first-order valence-electron chi connectivity index (χ1n) is 8.86. The maximum absolute atomic E-state index is 12.2. The van der Waals surface area contributed by atoms with Crippen molar-refractivity contribution < 1.29 is 19.0 Å². The highest BCUT2D eigenvalue weighted by Crippen LogP contribution is 2.24. The molecule has 2 heterocycles. The molecule has 2 aromatic carbocycles. The molecule has 27 heavy (non-hydrogen) atoms. The van der Waals surface area contributed by atoms with E-state index in [0.717, 1.165) is 22.5 Å². The molecule has 6 heteroatoms. The van der Waals surface area contributed by atoms with Crippen LogP contribution in [0.25, 0.3) is 16.9 Å². The lowest BCUT2D eigenvalue weighted by atomic mass is 10.1. The van der Waals surface area contributed by atoms with Gasteiger partial charge in [-0.2, -0.15) is 5.10 Å². The Morgan fingerprint density at radius 3 is 2.52 bits per heavy atom. The van der Waals surface area contributed by atoms with Crippen LogP contribution in [0.4, 0.5) is 0 Å². The Morgan fingerprint density at radius 1 is 1.07 bits per heavy atom. The molecule has 0 aliphatic carbocycles. The van der Waals surface area contributed by atoms with Crippen molar-refractivity contribution in [3.05, 3.63) is 72.4 Å². The van der Waals surface area contributed by atoms with Crippen molar-refractivity contribution in [2.24, 2.45) is 0 Å². The van der Waals surface area contributed by atoms with Gasteiger partial charge in [0.15, 0.2) is 6.10 Å². The minimum atomic E-state index is -0.664. The van der Waals surface area contributed by atoms with E-state index in [9.17, 15) is 4.79 Å². The lowest BCUT2D eigenvalue weighted by molar-refractivity contribution is -0.172. The van der Waals surface area contributed by atoms with Crippen molar-refractivity contribution in [1.29, 1.82) is 0 Å². The quantitative estimate of drug-likeness (QED) is 0.651. The zero-order valence-electron chi connectivity index (χ0n) is 14.8. The summed E-state index contributed by atoms with van der Waals surface area (Å²) in [7, 11) is 0. The average molecular weight is 364 g/mol. The van der Waals surface area contributed by atoms with Crippen LogP contribution in [0.5, 0.6) is 0 Å². The van der Waals surface area contributed by atoms with Crippen molar-refractivity contribution >= 4 is 5.97 Å². The Labute approximate surface area is 157 Å². The van der Waals surface area contributed by atoms with Gasteiger partial charge in [-0.25, -0.2) is 9.48 Å². The van der Waals surface area contributed by atoms with Crippen LogP contribution < -0.4 is 0 Å². The summed E-state index contributed by atoms with van der Waals surface area (Å²) in [6.45, 7) is 1.26. The van der Waals surface area contributed by atoms with Crippen LogP contribution in [0.3, 0.4) is 0 Å². The first-order chi connectivity index (χ1) is 13.3. The number of carbonyl (C=O) groups excluding carboxylic acids is 1. The topological polar surface area (TPSA) is 62.6 Å². The lowest BCUT2D eigenvalue weighted by Crippen LogP contribution is -2.36. The van der Waals surface area contributed by atoms with Gasteiger partial charge in [-0.05, 0) is 12.1 Å². The van der Waals surface area contributed by atoms with Crippen molar-refractivity contribution in [2.45, 2.75) is 12.7 Å². The zero-order chi connectivity index (χ0) is 18.5. The second kappa shape index (κ2) is 8.16. The number of benzene rings is 2. The molecule has 0 bridgehead atoms. The molecule has 4 rings (SSSR count). The maximum atomic E-state index is 12.2. The van der Waals surface area contributed by atoms with E-state index in [1.165, 1.54) is 0 Å². The summed E-state index contributed by atoms with van der Waals surface area (Å²) >= 11 is 0. The molecule has 6 nitrogen and oxygen atoms in total. The lowest BCUT2D eigenvalue weighted by Gasteiger charge is -2.21. The van der Waals surface area contributed by atoms with E-state index in [2.05, 4.69) is 0 Å². The van der Waals surface area contributed by atoms with E-state index in [1.54, 1.807) is 4.68 Å². The minimum Gasteiger partial charge on any atom is -0.459 e. The van der Waals surface area contributed by atoms with Gasteiger partial charge in [-0.3, -0.25) is 0 Å². The van der Waals surface area contributed by atoms with Gasteiger partial charge in [0.05, 0.1) is 31.2 Å². The third kappa shape index (κ3) is 4.07. The van der Waals surface area contributed by atoms with E-state index >= 15 is 0 Å². The van der Waals surface area contributed by atoms with Crippen LogP contribution in [0, 0.1) is 0 Å². The molecule has 1 saturated heterocycles. The average Bonchev–Trinajstić information content (AvgIpc) is 3.18. The number of rotatable bonds is 5. The number of hydrogen-bond acceptors (Lipinski definition) is 5. The Kier molecular flexibility index (Phi) is 5.27. The molecule has 3 aromatic rings. The third-order valence-corrected chi connectivity index (χ3v) is 4.31. The van der Waals surface area contributed by atoms with Gasteiger partial charge in [0, 0.05) is 17.3 Å². The van der Waals surface area contributed by atoms with Crippen LogP contribution in [-0.2, 0) is 25.6 Å². The fraction of sp³-hybridized carbons (Fsp3) is 0.238. The number of ether oxygens (including phenoxy) is 3. The number of nitrogens with zero attached hydrogens (tertiary/aromatic N) is 2. The van der Waals surface area contributed by atoms with Crippen LogP contribution >= 0.6 is 0 Å². The summed E-state index contributed by atoms with van der Waals surface area (Å²) in [6, 6.07) is 19.7. The number of carbonyl (C=O) groups is 1. The minimum absolute atomic E-state index is 0.121. The van der Waals surface area contributed by atoms with Gasteiger partial charge < -0.3 is 14.2 Å². The molecule has 1 aromatic heterocycles. The highest BCUT2D eigenvalue weighted by molar-refractivity contribution is 5.75. The molecular weight excluding hydrogens is 344 g/mol. The number of hydrogen-bond donors (Lipinski definition) is 0. The molecule has 0 saturated carbocycles. The van der Waals surface area contributed by atoms with Crippen LogP contribution in [-0.4, -0.2) is 41.7 Å². The van der Waals surface area contributed by atoms with Gasteiger partial charge in [0.1, 0.15) is 6.61 Å². The molecule has 0 spiro atoms. The number of aromatic nitrogens is 2. The van der Waals surface area contributed by atoms with Crippen molar-refractivity contribution in [3.63, 3.8) is 0 Å². The van der Waals surface area contributed by atoms with E-state index in [1.807, 2.05) is 66.9 Å². The SMILES string of the molecule is O=C(OCc1cn(-c2ccccc2)nc1-c1ccccc1)[C@H]1COCCO1. The van der Waals surface area contributed by atoms with E-state index < -0.39 is 12.1 Å². The molecule has 138 valence electrons. The van der Waals surface area contributed by atoms with Crippen LogP contribution in [0.15, 0.2) is 66.9 Å². The van der Waals surface area contributed by atoms with Crippen molar-refractivity contribution in [2.75, 3.05) is 19.8 Å². The van der Waals surface area contributed by atoms with Crippen LogP contribution in [0.1, 0.15) is 5.56 Å². The first-order valence-corrected chi connectivity index (χ1v) is 8.86. The summed E-state index contributed by atoms with van der Waals surface area (Å²) in [5.41, 5.74) is 3.52. The number of para-hydroxylation sites is 1. The molecule has 0 radical (unpaired) electrons. The molecule has 0 unspecified atom stereocenters. The van der Waals surface area contributed by atoms with Gasteiger partial charge >= 0.3 is 5.97 Å². The van der Waals surface area contributed by atoms with Gasteiger partial charge in [-0.15, -0.1) is 0 Å². The van der Waals surface area contributed by atoms with Crippen molar-refractivity contribution in [1.82, 2.24) is 9.78 Å². The first kappa shape index (κ1) is 17.5. The summed E-state index contributed by atoms with van der Waals surface area (Å²) < 4.78 is 17.9. The predicted octanol–water partition coefficient (Wildman–Crippen LogP) is 3.00. The predicted molar refractivity (Wildman–Crippen MR) is 99.4 cm³/mol. The largest absolute Gasteiger partial charge is 0.459 e.